The third-order valence-electron chi connectivity index (χ3n) is 5.23. The number of pyridine rings is 1. The van der Waals surface area contributed by atoms with Crippen molar-refractivity contribution in [2.24, 2.45) is 0 Å². The second-order valence-corrected chi connectivity index (χ2v) is 7.59. The number of hydrogen-bond donors (Lipinski definition) is 0. The van der Waals surface area contributed by atoms with Gasteiger partial charge in [-0.15, -0.1) is 0 Å². The lowest BCUT2D eigenvalue weighted by molar-refractivity contribution is 0.146. The van der Waals surface area contributed by atoms with Crippen LogP contribution in [0.15, 0.2) is 70.1 Å². The zero-order valence-electron chi connectivity index (χ0n) is 18.4. The molecule has 0 saturated heterocycles. The summed E-state index contributed by atoms with van der Waals surface area (Å²) in [5, 5.41) is 4.12. The zero-order chi connectivity index (χ0) is 22.5. The second kappa shape index (κ2) is 9.62. The van der Waals surface area contributed by atoms with Crippen LogP contribution in [0, 0.1) is 13.8 Å². The number of aromatic nitrogens is 3. The highest BCUT2D eigenvalue weighted by Crippen LogP contribution is 2.24. The molecule has 164 valence electrons. The number of rotatable bonds is 8. The van der Waals surface area contributed by atoms with Gasteiger partial charge in [-0.25, -0.2) is 0 Å². The Morgan fingerprint density at radius 1 is 0.969 bits per heavy atom. The number of benzene rings is 2. The lowest BCUT2D eigenvalue weighted by Crippen LogP contribution is -2.19. The van der Waals surface area contributed by atoms with E-state index in [4.69, 9.17) is 14.0 Å². The Hall–Kier alpha value is -3.71. The number of ether oxygens (including phenoxy) is 2. The Morgan fingerprint density at radius 2 is 1.81 bits per heavy atom. The molecule has 0 atom stereocenters. The standard InChI is InChI=1S/C25H25N3O4/c1-17-7-8-20(13-18(17)2)25-26-24(27-32-25)21-9-10-23(29)28(16-21)15-19-5-4-6-22(14-19)31-12-11-30-3/h4-10,13-14,16H,11-12,15H2,1-3H3. The summed E-state index contributed by atoms with van der Waals surface area (Å²) in [5.41, 5.74) is 4.76. The summed E-state index contributed by atoms with van der Waals surface area (Å²) in [4.78, 5) is 17.0. The average Bonchev–Trinajstić information content (AvgIpc) is 3.28. The van der Waals surface area contributed by atoms with Crippen molar-refractivity contribution in [2.75, 3.05) is 20.3 Å². The first-order chi connectivity index (χ1) is 15.5. The quantitative estimate of drug-likeness (QED) is 0.388. The van der Waals surface area contributed by atoms with Crippen LogP contribution in [0.2, 0.25) is 0 Å². The van der Waals surface area contributed by atoms with Gasteiger partial charge in [-0.3, -0.25) is 4.79 Å². The first-order valence-corrected chi connectivity index (χ1v) is 10.4. The number of methoxy groups -OCH3 is 1. The van der Waals surface area contributed by atoms with Crippen LogP contribution in [0.25, 0.3) is 22.8 Å². The van der Waals surface area contributed by atoms with Crippen molar-refractivity contribution in [2.45, 2.75) is 20.4 Å². The van der Waals surface area contributed by atoms with Crippen molar-refractivity contribution in [3.63, 3.8) is 0 Å². The molecule has 0 bridgehead atoms. The van der Waals surface area contributed by atoms with E-state index in [0.717, 1.165) is 22.4 Å². The highest BCUT2D eigenvalue weighted by Gasteiger charge is 2.13. The van der Waals surface area contributed by atoms with Crippen LogP contribution in [0.4, 0.5) is 0 Å². The molecule has 0 unspecified atom stereocenters. The van der Waals surface area contributed by atoms with E-state index < -0.39 is 0 Å². The Balaban J connectivity index is 1.56. The van der Waals surface area contributed by atoms with Gasteiger partial charge in [0, 0.05) is 30.5 Å². The molecule has 0 fully saturated rings. The van der Waals surface area contributed by atoms with Gasteiger partial charge in [-0.1, -0.05) is 23.4 Å². The van der Waals surface area contributed by atoms with Crippen LogP contribution in [0.5, 0.6) is 5.75 Å². The summed E-state index contributed by atoms with van der Waals surface area (Å²) in [5.74, 6) is 1.62. The van der Waals surface area contributed by atoms with Crippen LogP contribution < -0.4 is 10.3 Å². The smallest absolute Gasteiger partial charge is 0.258 e. The summed E-state index contributed by atoms with van der Waals surface area (Å²) in [6.07, 6.45) is 1.75. The van der Waals surface area contributed by atoms with Crippen molar-refractivity contribution in [3.8, 4) is 28.6 Å². The van der Waals surface area contributed by atoms with Gasteiger partial charge in [-0.05, 0) is 60.9 Å². The molecular weight excluding hydrogens is 406 g/mol. The lowest BCUT2D eigenvalue weighted by atomic mass is 10.1. The van der Waals surface area contributed by atoms with E-state index in [2.05, 4.69) is 17.1 Å². The minimum atomic E-state index is -0.114. The molecule has 2 aromatic heterocycles. The fourth-order valence-electron chi connectivity index (χ4n) is 3.29. The van der Waals surface area contributed by atoms with E-state index in [1.165, 1.54) is 11.6 Å². The molecule has 7 heteroatoms. The second-order valence-electron chi connectivity index (χ2n) is 7.59. The van der Waals surface area contributed by atoms with Crippen molar-refractivity contribution < 1.29 is 14.0 Å². The number of aryl methyl sites for hydroxylation is 2. The molecule has 32 heavy (non-hydrogen) atoms. The van der Waals surface area contributed by atoms with Gasteiger partial charge in [0.2, 0.25) is 5.82 Å². The van der Waals surface area contributed by atoms with Gasteiger partial charge in [0.15, 0.2) is 0 Å². The fraction of sp³-hybridized carbons (Fsp3) is 0.240. The van der Waals surface area contributed by atoms with Gasteiger partial charge in [0.1, 0.15) is 12.4 Å². The van der Waals surface area contributed by atoms with Gasteiger partial charge in [-0.2, -0.15) is 4.98 Å². The maximum Gasteiger partial charge on any atom is 0.258 e. The van der Waals surface area contributed by atoms with E-state index in [9.17, 15) is 4.79 Å². The molecule has 4 rings (SSSR count). The first kappa shape index (κ1) is 21.5. The fourth-order valence-corrected chi connectivity index (χ4v) is 3.29. The van der Waals surface area contributed by atoms with Crippen LogP contribution in [-0.2, 0) is 11.3 Å². The molecule has 7 nitrogen and oxygen atoms in total. The summed E-state index contributed by atoms with van der Waals surface area (Å²) >= 11 is 0. The molecular formula is C25H25N3O4. The van der Waals surface area contributed by atoms with E-state index in [1.54, 1.807) is 23.9 Å². The van der Waals surface area contributed by atoms with Gasteiger partial charge < -0.3 is 18.6 Å². The maximum absolute atomic E-state index is 12.4. The molecule has 0 saturated carbocycles. The minimum Gasteiger partial charge on any atom is -0.491 e. The Morgan fingerprint density at radius 3 is 2.62 bits per heavy atom. The van der Waals surface area contributed by atoms with E-state index >= 15 is 0 Å². The summed E-state index contributed by atoms with van der Waals surface area (Å²) in [7, 11) is 1.63. The Labute approximate surface area is 186 Å². The van der Waals surface area contributed by atoms with Crippen LogP contribution >= 0.6 is 0 Å². The molecule has 0 aliphatic rings. The largest absolute Gasteiger partial charge is 0.491 e. The summed E-state index contributed by atoms with van der Waals surface area (Å²) in [6, 6.07) is 16.9. The molecule has 2 heterocycles. The number of nitrogens with zero attached hydrogens (tertiary/aromatic N) is 3. The van der Waals surface area contributed by atoms with Crippen LogP contribution in [-0.4, -0.2) is 35.0 Å². The first-order valence-electron chi connectivity index (χ1n) is 10.4. The molecule has 4 aromatic rings. The van der Waals surface area contributed by atoms with E-state index in [0.29, 0.717) is 37.0 Å². The highest BCUT2D eigenvalue weighted by atomic mass is 16.5. The summed E-state index contributed by atoms with van der Waals surface area (Å²) < 4.78 is 17.8. The molecule has 0 amide bonds. The minimum absolute atomic E-state index is 0.114. The van der Waals surface area contributed by atoms with E-state index in [1.807, 2.05) is 49.4 Å². The van der Waals surface area contributed by atoms with Gasteiger partial charge in [0.05, 0.1) is 13.2 Å². The predicted molar refractivity (Wildman–Crippen MR) is 122 cm³/mol. The average molecular weight is 431 g/mol. The molecule has 0 aliphatic carbocycles. The van der Waals surface area contributed by atoms with Gasteiger partial charge in [0.25, 0.3) is 11.4 Å². The zero-order valence-corrected chi connectivity index (χ0v) is 18.4. The molecule has 0 radical (unpaired) electrons. The predicted octanol–water partition coefficient (Wildman–Crippen LogP) is 4.26. The third kappa shape index (κ3) is 4.95. The highest BCUT2D eigenvalue weighted by molar-refractivity contribution is 5.60. The van der Waals surface area contributed by atoms with Gasteiger partial charge >= 0.3 is 0 Å². The van der Waals surface area contributed by atoms with Crippen molar-refractivity contribution in [1.29, 1.82) is 0 Å². The Kier molecular flexibility index (Phi) is 6.47. The molecule has 0 N–H and O–H groups in total. The topological polar surface area (TPSA) is 79.4 Å². The van der Waals surface area contributed by atoms with Crippen molar-refractivity contribution in [3.05, 3.63) is 87.8 Å². The van der Waals surface area contributed by atoms with Crippen molar-refractivity contribution in [1.82, 2.24) is 14.7 Å². The maximum atomic E-state index is 12.4. The molecule has 0 spiro atoms. The monoisotopic (exact) mass is 431 g/mol. The summed E-state index contributed by atoms with van der Waals surface area (Å²) in [6.45, 7) is 5.49. The lowest BCUT2D eigenvalue weighted by Gasteiger charge is -2.10. The Bertz CT molecular complexity index is 1280. The van der Waals surface area contributed by atoms with Crippen LogP contribution in [0.3, 0.4) is 0 Å². The molecule has 2 aromatic carbocycles. The number of hydrogen-bond acceptors (Lipinski definition) is 6. The van der Waals surface area contributed by atoms with Crippen molar-refractivity contribution >= 4 is 0 Å². The normalized spacial score (nSPS) is 11.0. The van der Waals surface area contributed by atoms with E-state index in [-0.39, 0.29) is 5.56 Å². The SMILES string of the molecule is COCCOc1cccc(Cn2cc(-c3noc(-c4ccc(C)c(C)c4)n3)ccc2=O)c1. The molecule has 0 aliphatic heterocycles. The van der Waals surface area contributed by atoms with Crippen LogP contribution in [0.1, 0.15) is 16.7 Å². The third-order valence-corrected chi connectivity index (χ3v) is 5.23.